The van der Waals surface area contributed by atoms with Gasteiger partial charge >= 0.3 is 0 Å². The van der Waals surface area contributed by atoms with Crippen LogP contribution in [0, 0.1) is 6.92 Å². The second-order valence-electron chi connectivity index (χ2n) is 3.97. The molecule has 1 rings (SSSR count). The second-order valence-corrected chi connectivity index (χ2v) is 5.34. The molecule has 3 nitrogen and oxygen atoms in total. The van der Waals surface area contributed by atoms with Crippen LogP contribution in [0.3, 0.4) is 0 Å². The van der Waals surface area contributed by atoms with Crippen molar-refractivity contribution in [2.45, 2.75) is 39.3 Å². The molecule has 1 aromatic rings. The fourth-order valence-electron chi connectivity index (χ4n) is 1.11. The number of carbonyl (C=O) groups is 1. The van der Waals surface area contributed by atoms with E-state index in [-0.39, 0.29) is 5.91 Å². The molecule has 0 aliphatic heterocycles. The average Bonchev–Trinajstić information content (AvgIpc) is 2.60. The lowest BCUT2D eigenvalue weighted by atomic mass is 10.00. The highest BCUT2D eigenvalue weighted by molar-refractivity contribution is 7.11. The predicted octanol–water partition coefficient (Wildman–Crippen LogP) is 1.80. The molecule has 3 N–H and O–H groups in total. The number of nitrogens with two attached hydrogens (primary N) is 1. The quantitative estimate of drug-likeness (QED) is 0.822. The minimum atomic E-state index is -0.758. The number of thiophene rings is 1. The summed E-state index contributed by atoms with van der Waals surface area (Å²) in [5.41, 5.74) is 5.06. The first-order valence-corrected chi connectivity index (χ1v) is 5.90. The predicted molar refractivity (Wildman–Crippen MR) is 63.8 cm³/mol. The van der Waals surface area contributed by atoms with Crippen molar-refractivity contribution >= 4 is 17.2 Å². The summed E-state index contributed by atoms with van der Waals surface area (Å²) in [4.78, 5) is 14.1. The van der Waals surface area contributed by atoms with Gasteiger partial charge in [0.05, 0.1) is 12.1 Å². The summed E-state index contributed by atoms with van der Waals surface area (Å²) in [7, 11) is 0. The fraction of sp³-hybridized carbons (Fsp3) is 0.545. The summed E-state index contributed by atoms with van der Waals surface area (Å²) in [5, 5.41) is 2.85. The van der Waals surface area contributed by atoms with Crippen LogP contribution < -0.4 is 11.1 Å². The molecule has 1 atom stereocenters. The Labute approximate surface area is 94.7 Å². The van der Waals surface area contributed by atoms with E-state index in [9.17, 15) is 4.79 Å². The lowest BCUT2D eigenvalue weighted by molar-refractivity contribution is -0.126. The first-order valence-electron chi connectivity index (χ1n) is 5.08. The molecule has 0 saturated heterocycles. The molecule has 0 spiro atoms. The Morgan fingerprint density at radius 1 is 1.60 bits per heavy atom. The number of aryl methyl sites for hydroxylation is 1. The zero-order valence-corrected chi connectivity index (χ0v) is 10.3. The van der Waals surface area contributed by atoms with Gasteiger partial charge in [-0.1, -0.05) is 6.92 Å². The summed E-state index contributed by atoms with van der Waals surface area (Å²) in [6.45, 7) is 6.29. The molecule has 0 radical (unpaired) electrons. The molecule has 1 aromatic heterocycles. The monoisotopic (exact) mass is 226 g/mol. The highest BCUT2D eigenvalue weighted by Crippen LogP contribution is 2.15. The van der Waals surface area contributed by atoms with Gasteiger partial charge < -0.3 is 11.1 Å². The van der Waals surface area contributed by atoms with Crippen molar-refractivity contribution in [1.82, 2.24) is 5.32 Å². The van der Waals surface area contributed by atoms with Crippen LogP contribution in [0.15, 0.2) is 12.1 Å². The molecule has 0 saturated carbocycles. The van der Waals surface area contributed by atoms with Crippen LogP contribution in [0.5, 0.6) is 0 Å². The number of rotatable bonds is 4. The first-order chi connectivity index (χ1) is 6.95. The molecular formula is C11H18N2OS. The third-order valence-electron chi connectivity index (χ3n) is 2.47. The minimum Gasteiger partial charge on any atom is -0.350 e. The Balaban J connectivity index is 2.47. The van der Waals surface area contributed by atoms with Crippen molar-refractivity contribution in [3.8, 4) is 0 Å². The molecule has 0 fully saturated rings. The Hall–Kier alpha value is -0.870. The number of hydrogen-bond acceptors (Lipinski definition) is 3. The van der Waals surface area contributed by atoms with Crippen molar-refractivity contribution in [1.29, 1.82) is 0 Å². The molecule has 1 unspecified atom stereocenters. The molecule has 15 heavy (non-hydrogen) atoms. The Kier molecular flexibility index (Phi) is 3.88. The highest BCUT2D eigenvalue weighted by Gasteiger charge is 2.25. The van der Waals surface area contributed by atoms with Crippen LogP contribution in [0.1, 0.15) is 30.0 Å². The van der Waals surface area contributed by atoms with Gasteiger partial charge in [0, 0.05) is 9.75 Å². The van der Waals surface area contributed by atoms with E-state index in [1.807, 2.05) is 19.1 Å². The van der Waals surface area contributed by atoms with Crippen molar-refractivity contribution < 1.29 is 4.79 Å². The Morgan fingerprint density at radius 2 is 2.27 bits per heavy atom. The maximum Gasteiger partial charge on any atom is 0.240 e. The fourth-order valence-corrected chi connectivity index (χ4v) is 1.94. The average molecular weight is 226 g/mol. The third kappa shape index (κ3) is 3.32. The van der Waals surface area contributed by atoms with Gasteiger partial charge in [-0.25, -0.2) is 0 Å². The van der Waals surface area contributed by atoms with Gasteiger partial charge in [-0.15, -0.1) is 11.3 Å². The van der Waals surface area contributed by atoms with Crippen molar-refractivity contribution in [2.24, 2.45) is 5.73 Å². The molecule has 0 bridgehead atoms. The summed E-state index contributed by atoms with van der Waals surface area (Å²) in [5.74, 6) is -0.0870. The summed E-state index contributed by atoms with van der Waals surface area (Å²) in [6.07, 6.45) is 0.641. The normalized spacial score (nSPS) is 14.7. The summed E-state index contributed by atoms with van der Waals surface area (Å²) < 4.78 is 0. The molecule has 0 aliphatic carbocycles. The number of carbonyl (C=O) groups excluding carboxylic acids is 1. The van der Waals surface area contributed by atoms with Crippen LogP contribution in [0.25, 0.3) is 0 Å². The van der Waals surface area contributed by atoms with E-state index in [0.29, 0.717) is 13.0 Å². The highest BCUT2D eigenvalue weighted by atomic mass is 32.1. The zero-order valence-electron chi connectivity index (χ0n) is 9.46. The zero-order chi connectivity index (χ0) is 11.5. The molecule has 1 amide bonds. The van der Waals surface area contributed by atoms with Crippen LogP contribution >= 0.6 is 11.3 Å². The Morgan fingerprint density at radius 3 is 2.73 bits per heavy atom. The standard InChI is InChI=1S/C11H18N2OS/c1-4-11(3,12)10(14)13-7-9-6-5-8(2)15-9/h5-6H,4,7,12H2,1-3H3,(H,13,14). The molecule has 4 heteroatoms. The number of hydrogen-bond donors (Lipinski definition) is 2. The minimum absolute atomic E-state index is 0.0870. The van der Waals surface area contributed by atoms with Crippen molar-refractivity contribution in [3.05, 3.63) is 21.9 Å². The van der Waals surface area contributed by atoms with E-state index in [1.165, 1.54) is 4.88 Å². The van der Waals surface area contributed by atoms with Gasteiger partial charge in [-0.3, -0.25) is 4.79 Å². The molecular weight excluding hydrogens is 208 g/mol. The van der Waals surface area contributed by atoms with Gasteiger partial charge in [0.25, 0.3) is 0 Å². The number of amides is 1. The van der Waals surface area contributed by atoms with Crippen LogP contribution in [-0.2, 0) is 11.3 Å². The topological polar surface area (TPSA) is 55.1 Å². The number of nitrogens with one attached hydrogen (secondary N) is 1. The molecule has 0 aromatic carbocycles. The van der Waals surface area contributed by atoms with Gasteiger partial charge in [-0.05, 0) is 32.4 Å². The maximum atomic E-state index is 11.6. The van der Waals surface area contributed by atoms with E-state index < -0.39 is 5.54 Å². The van der Waals surface area contributed by atoms with Gasteiger partial charge in [0.15, 0.2) is 0 Å². The maximum absolute atomic E-state index is 11.6. The SMILES string of the molecule is CCC(C)(N)C(=O)NCc1ccc(C)s1. The van der Waals surface area contributed by atoms with Crippen LogP contribution in [0.2, 0.25) is 0 Å². The second kappa shape index (κ2) is 4.77. The lowest BCUT2D eigenvalue weighted by Gasteiger charge is -2.21. The molecule has 0 aliphatic rings. The Bertz CT molecular complexity index is 344. The smallest absolute Gasteiger partial charge is 0.240 e. The van der Waals surface area contributed by atoms with E-state index in [1.54, 1.807) is 18.3 Å². The van der Waals surface area contributed by atoms with E-state index >= 15 is 0 Å². The van der Waals surface area contributed by atoms with Crippen molar-refractivity contribution in [3.63, 3.8) is 0 Å². The van der Waals surface area contributed by atoms with Crippen LogP contribution in [0.4, 0.5) is 0 Å². The molecule has 84 valence electrons. The third-order valence-corrected chi connectivity index (χ3v) is 3.47. The van der Waals surface area contributed by atoms with Gasteiger partial charge in [0.2, 0.25) is 5.91 Å². The van der Waals surface area contributed by atoms with E-state index in [0.717, 1.165) is 4.88 Å². The van der Waals surface area contributed by atoms with E-state index in [2.05, 4.69) is 12.2 Å². The van der Waals surface area contributed by atoms with Gasteiger partial charge in [-0.2, -0.15) is 0 Å². The largest absolute Gasteiger partial charge is 0.350 e. The van der Waals surface area contributed by atoms with Gasteiger partial charge in [0.1, 0.15) is 0 Å². The summed E-state index contributed by atoms with van der Waals surface area (Å²) >= 11 is 1.69. The van der Waals surface area contributed by atoms with Crippen LogP contribution in [-0.4, -0.2) is 11.4 Å². The summed E-state index contributed by atoms with van der Waals surface area (Å²) in [6, 6.07) is 4.08. The van der Waals surface area contributed by atoms with E-state index in [4.69, 9.17) is 5.73 Å². The molecule has 1 heterocycles. The lowest BCUT2D eigenvalue weighted by Crippen LogP contribution is -2.50. The van der Waals surface area contributed by atoms with Crippen molar-refractivity contribution in [2.75, 3.05) is 0 Å². The first kappa shape index (κ1) is 12.2.